The highest BCUT2D eigenvalue weighted by Gasteiger charge is 2.30. The number of thioether (sulfide) groups is 1. The first-order chi connectivity index (χ1) is 13.0. The third-order valence-electron chi connectivity index (χ3n) is 3.44. The van der Waals surface area contributed by atoms with Gasteiger partial charge in [0.2, 0.25) is 5.91 Å². The van der Waals surface area contributed by atoms with Gasteiger partial charge in [0.15, 0.2) is 11.1 Å². The van der Waals surface area contributed by atoms with Crippen LogP contribution < -0.4 is 21.5 Å². The number of aliphatic imine (C=N–C) groups is 2. The molecule has 8 nitrogen and oxygen atoms in total. The summed E-state index contributed by atoms with van der Waals surface area (Å²) in [5.74, 6) is 0.455. The van der Waals surface area contributed by atoms with Gasteiger partial charge in [0.05, 0.1) is 0 Å². The summed E-state index contributed by atoms with van der Waals surface area (Å²) in [6.07, 6.45) is -0.0290. The molecule has 0 aliphatic carbocycles. The van der Waals surface area contributed by atoms with Gasteiger partial charge in [0.25, 0.3) is 5.91 Å². The number of amides is 2. The van der Waals surface area contributed by atoms with Crippen molar-refractivity contribution in [2.24, 2.45) is 21.5 Å². The number of anilines is 1. The fourth-order valence-electron chi connectivity index (χ4n) is 2.27. The predicted molar refractivity (Wildman–Crippen MR) is 106 cm³/mol. The molecule has 138 valence electrons. The Kier molecular flexibility index (Phi) is 5.72. The smallest absolute Gasteiger partial charge is 0.262 e. The largest absolute Gasteiger partial charge is 0.457 e. The van der Waals surface area contributed by atoms with Crippen LogP contribution in [0.1, 0.15) is 6.42 Å². The Morgan fingerprint density at radius 2 is 1.78 bits per heavy atom. The molecule has 1 heterocycles. The molecule has 2 aromatic carbocycles. The van der Waals surface area contributed by atoms with Crippen molar-refractivity contribution in [3.8, 4) is 11.5 Å². The van der Waals surface area contributed by atoms with Gasteiger partial charge in [-0.05, 0) is 36.4 Å². The van der Waals surface area contributed by atoms with E-state index in [-0.39, 0.29) is 23.5 Å². The lowest BCUT2D eigenvalue weighted by atomic mass is 10.2. The van der Waals surface area contributed by atoms with Crippen molar-refractivity contribution in [1.82, 2.24) is 0 Å². The lowest BCUT2D eigenvalue weighted by Crippen LogP contribution is -2.23. The molecule has 0 fully saturated rings. The summed E-state index contributed by atoms with van der Waals surface area (Å²) in [6, 6.07) is 16.3. The molecule has 0 spiro atoms. The van der Waals surface area contributed by atoms with Crippen molar-refractivity contribution in [3.05, 3.63) is 54.6 Å². The van der Waals surface area contributed by atoms with Crippen molar-refractivity contribution in [3.63, 3.8) is 0 Å². The summed E-state index contributed by atoms with van der Waals surface area (Å²) in [6.45, 7) is 0. The molecule has 0 unspecified atom stereocenters. The monoisotopic (exact) mass is 383 g/mol. The highest BCUT2D eigenvalue weighted by molar-refractivity contribution is 8.15. The zero-order valence-corrected chi connectivity index (χ0v) is 15.0. The van der Waals surface area contributed by atoms with E-state index in [9.17, 15) is 9.59 Å². The molecule has 2 amide bonds. The molecule has 0 saturated carbocycles. The fraction of sp³-hybridized carbons (Fsp3) is 0.111. The molecule has 0 bridgehead atoms. The average Bonchev–Trinajstić information content (AvgIpc) is 2.95. The highest BCUT2D eigenvalue weighted by Crippen LogP contribution is 2.27. The van der Waals surface area contributed by atoms with Gasteiger partial charge in [-0.25, -0.2) is 0 Å². The molecule has 3 rings (SSSR count). The van der Waals surface area contributed by atoms with Crippen LogP contribution in [0.4, 0.5) is 5.69 Å². The van der Waals surface area contributed by atoms with Gasteiger partial charge < -0.3 is 21.5 Å². The van der Waals surface area contributed by atoms with Gasteiger partial charge in [-0.2, -0.15) is 9.98 Å². The normalized spacial score (nSPS) is 15.8. The Labute approximate surface area is 159 Å². The van der Waals surface area contributed by atoms with E-state index in [0.29, 0.717) is 11.4 Å². The van der Waals surface area contributed by atoms with Gasteiger partial charge in [-0.3, -0.25) is 9.59 Å². The van der Waals surface area contributed by atoms with Crippen LogP contribution in [0, 0.1) is 0 Å². The number of nitrogens with zero attached hydrogens (tertiary/aromatic N) is 2. The van der Waals surface area contributed by atoms with Crippen LogP contribution >= 0.6 is 11.8 Å². The Hall–Kier alpha value is -3.33. The predicted octanol–water partition coefficient (Wildman–Crippen LogP) is 2.08. The number of nitrogens with two attached hydrogens (primary N) is 2. The van der Waals surface area contributed by atoms with Gasteiger partial charge in [-0.15, -0.1) is 0 Å². The SMILES string of the molecule is NC(N)=NC1=NC(=O)[C@H](CC(=O)Nc2ccc(Oc3ccccc3)cc2)S1. The van der Waals surface area contributed by atoms with Crippen LogP contribution in [0.25, 0.3) is 0 Å². The minimum atomic E-state index is -0.635. The number of benzene rings is 2. The second-order valence-corrected chi connectivity index (χ2v) is 6.74. The topological polar surface area (TPSA) is 132 Å². The maximum Gasteiger partial charge on any atom is 0.262 e. The molecule has 0 radical (unpaired) electrons. The first kappa shape index (κ1) is 18.5. The number of guanidine groups is 1. The lowest BCUT2D eigenvalue weighted by molar-refractivity contribution is -0.121. The molecule has 9 heteroatoms. The Balaban J connectivity index is 1.53. The van der Waals surface area contributed by atoms with Gasteiger partial charge >= 0.3 is 0 Å². The first-order valence-electron chi connectivity index (χ1n) is 8.01. The van der Waals surface area contributed by atoms with Crippen molar-refractivity contribution < 1.29 is 14.3 Å². The van der Waals surface area contributed by atoms with Crippen LogP contribution in [0.3, 0.4) is 0 Å². The number of carbonyl (C=O) groups excluding carboxylic acids is 2. The quantitative estimate of drug-likeness (QED) is 0.535. The molecular weight excluding hydrogens is 366 g/mol. The molecular formula is C18H17N5O3S. The molecule has 5 N–H and O–H groups in total. The van der Waals surface area contributed by atoms with E-state index in [2.05, 4.69) is 15.3 Å². The zero-order chi connectivity index (χ0) is 19.2. The number of amidine groups is 1. The van der Waals surface area contributed by atoms with E-state index in [4.69, 9.17) is 16.2 Å². The molecule has 0 saturated heterocycles. The Morgan fingerprint density at radius 1 is 1.11 bits per heavy atom. The van der Waals surface area contributed by atoms with Crippen molar-refractivity contribution in [2.75, 3.05) is 5.32 Å². The van der Waals surface area contributed by atoms with Crippen molar-refractivity contribution >= 4 is 40.4 Å². The number of rotatable bonds is 5. The van der Waals surface area contributed by atoms with E-state index >= 15 is 0 Å². The third kappa shape index (κ3) is 5.32. The summed E-state index contributed by atoms with van der Waals surface area (Å²) >= 11 is 1.06. The zero-order valence-electron chi connectivity index (χ0n) is 14.2. The average molecular weight is 383 g/mol. The third-order valence-corrected chi connectivity index (χ3v) is 4.49. The fourth-order valence-corrected chi connectivity index (χ4v) is 3.22. The standard InChI is InChI=1S/C18H17N5O3S/c19-17(20)23-18-22-16(25)14(27-18)10-15(24)21-11-6-8-13(9-7-11)26-12-4-2-1-3-5-12/h1-9,14H,10H2,(H,21,24)(H4,19,20,22,23,25)/t14-/m0/s1. The first-order valence-corrected chi connectivity index (χ1v) is 8.89. The number of hydrogen-bond acceptors (Lipinski definition) is 5. The lowest BCUT2D eigenvalue weighted by Gasteiger charge is -2.09. The minimum absolute atomic E-state index is 0.0290. The number of carbonyl (C=O) groups is 2. The number of ether oxygens (including phenoxy) is 1. The maximum atomic E-state index is 12.2. The van der Waals surface area contributed by atoms with Crippen LogP contribution in [0.15, 0.2) is 64.6 Å². The van der Waals surface area contributed by atoms with Gasteiger partial charge in [0, 0.05) is 12.1 Å². The number of hydrogen-bond donors (Lipinski definition) is 3. The maximum absolute atomic E-state index is 12.2. The summed E-state index contributed by atoms with van der Waals surface area (Å²) in [5.41, 5.74) is 11.1. The number of nitrogens with one attached hydrogen (secondary N) is 1. The van der Waals surface area contributed by atoms with E-state index in [1.807, 2.05) is 30.3 Å². The molecule has 1 aliphatic heterocycles. The minimum Gasteiger partial charge on any atom is -0.457 e. The van der Waals surface area contributed by atoms with Gasteiger partial charge in [0.1, 0.15) is 16.7 Å². The van der Waals surface area contributed by atoms with Gasteiger partial charge in [-0.1, -0.05) is 30.0 Å². The molecule has 27 heavy (non-hydrogen) atoms. The van der Waals surface area contributed by atoms with E-state index < -0.39 is 11.2 Å². The van der Waals surface area contributed by atoms with Crippen LogP contribution in [0.5, 0.6) is 11.5 Å². The van der Waals surface area contributed by atoms with Crippen LogP contribution in [-0.4, -0.2) is 28.2 Å². The summed E-state index contributed by atoms with van der Waals surface area (Å²) in [5, 5.41) is 2.27. The van der Waals surface area contributed by atoms with E-state index in [0.717, 1.165) is 17.5 Å². The van der Waals surface area contributed by atoms with Crippen molar-refractivity contribution in [2.45, 2.75) is 11.7 Å². The summed E-state index contributed by atoms with van der Waals surface area (Å²) < 4.78 is 5.69. The highest BCUT2D eigenvalue weighted by atomic mass is 32.2. The second-order valence-electron chi connectivity index (χ2n) is 5.57. The van der Waals surface area contributed by atoms with E-state index in [1.165, 1.54) is 0 Å². The summed E-state index contributed by atoms with van der Waals surface area (Å²) in [4.78, 5) is 31.4. The Morgan fingerprint density at radius 3 is 2.44 bits per heavy atom. The Bertz CT molecular complexity index is 893. The molecule has 2 aromatic rings. The molecule has 0 aromatic heterocycles. The van der Waals surface area contributed by atoms with Crippen LogP contribution in [-0.2, 0) is 9.59 Å². The number of para-hydroxylation sites is 1. The summed E-state index contributed by atoms with van der Waals surface area (Å²) in [7, 11) is 0. The second kappa shape index (κ2) is 8.37. The van der Waals surface area contributed by atoms with Crippen LogP contribution in [0.2, 0.25) is 0 Å². The van der Waals surface area contributed by atoms with Crippen molar-refractivity contribution in [1.29, 1.82) is 0 Å². The van der Waals surface area contributed by atoms with E-state index in [1.54, 1.807) is 24.3 Å². The molecule has 1 atom stereocenters. The molecule has 1 aliphatic rings.